The minimum atomic E-state index is 0. The predicted molar refractivity (Wildman–Crippen MR) is 75.1 cm³/mol. The van der Waals surface area contributed by atoms with Crippen molar-refractivity contribution in [1.29, 1.82) is 0 Å². The highest BCUT2D eigenvalue weighted by atomic mass is 35.5. The first-order valence-corrected chi connectivity index (χ1v) is 5.30. The van der Waals surface area contributed by atoms with E-state index in [1.807, 2.05) is 0 Å². The monoisotopic (exact) mass is 262 g/mol. The summed E-state index contributed by atoms with van der Waals surface area (Å²) in [7, 11) is 2.16. The fourth-order valence-electron chi connectivity index (χ4n) is 2.22. The molecule has 1 aliphatic heterocycles. The fourth-order valence-corrected chi connectivity index (χ4v) is 2.22. The third-order valence-corrected chi connectivity index (χ3v) is 3.09. The standard InChI is InChI=1S/C12H18N2.2ClH/c1-14-9-10(8-13)6-7-11-4-2-3-5-12(11)14;;/h2-5,10H,6-9,13H2,1H3;2*1H. The average Bonchev–Trinajstić information content (AvgIpc) is 2.39. The van der Waals surface area contributed by atoms with Crippen molar-refractivity contribution in [2.24, 2.45) is 11.7 Å². The first-order chi connectivity index (χ1) is 6.81. The Balaban J connectivity index is 0.00000112. The normalized spacial score (nSPS) is 18.9. The van der Waals surface area contributed by atoms with Gasteiger partial charge in [-0.05, 0) is 36.9 Å². The summed E-state index contributed by atoms with van der Waals surface area (Å²) in [5.74, 6) is 0.646. The summed E-state index contributed by atoms with van der Waals surface area (Å²) >= 11 is 0. The van der Waals surface area contributed by atoms with Gasteiger partial charge in [-0.25, -0.2) is 0 Å². The molecule has 0 aliphatic carbocycles. The predicted octanol–water partition coefficient (Wildman–Crippen LogP) is 2.49. The second-order valence-electron chi connectivity index (χ2n) is 4.15. The number of anilines is 1. The lowest BCUT2D eigenvalue weighted by molar-refractivity contribution is 0.510. The number of nitrogens with zero attached hydrogens (tertiary/aromatic N) is 1. The molecule has 2 rings (SSSR count). The Labute approximate surface area is 110 Å². The van der Waals surface area contributed by atoms with Crippen molar-refractivity contribution in [2.45, 2.75) is 12.8 Å². The summed E-state index contributed by atoms with van der Waals surface area (Å²) in [5.41, 5.74) is 8.59. The van der Waals surface area contributed by atoms with E-state index in [1.165, 1.54) is 24.1 Å². The van der Waals surface area contributed by atoms with Crippen molar-refractivity contribution >= 4 is 30.5 Å². The maximum atomic E-state index is 5.74. The minimum Gasteiger partial charge on any atom is -0.374 e. The van der Waals surface area contributed by atoms with E-state index in [0.29, 0.717) is 5.92 Å². The molecule has 2 nitrogen and oxygen atoms in total. The molecule has 0 fully saturated rings. The Morgan fingerprint density at radius 2 is 2.00 bits per heavy atom. The van der Waals surface area contributed by atoms with Crippen LogP contribution in [-0.2, 0) is 6.42 Å². The number of fused-ring (bicyclic) bond motifs is 1. The summed E-state index contributed by atoms with van der Waals surface area (Å²) in [5, 5.41) is 0. The van der Waals surface area contributed by atoms with Gasteiger partial charge in [0.15, 0.2) is 0 Å². The van der Waals surface area contributed by atoms with Crippen molar-refractivity contribution in [1.82, 2.24) is 0 Å². The number of rotatable bonds is 1. The van der Waals surface area contributed by atoms with Crippen molar-refractivity contribution < 1.29 is 0 Å². The molecule has 0 saturated carbocycles. The van der Waals surface area contributed by atoms with Gasteiger partial charge in [0.05, 0.1) is 0 Å². The lowest BCUT2D eigenvalue weighted by Crippen LogP contribution is -2.28. The van der Waals surface area contributed by atoms with Crippen LogP contribution in [0.5, 0.6) is 0 Å². The number of hydrogen-bond acceptors (Lipinski definition) is 2. The van der Waals surface area contributed by atoms with E-state index in [-0.39, 0.29) is 24.8 Å². The summed E-state index contributed by atoms with van der Waals surface area (Å²) in [4.78, 5) is 2.33. The Hall–Kier alpha value is -0.440. The molecule has 0 radical (unpaired) electrons. The van der Waals surface area contributed by atoms with Crippen LogP contribution in [0.3, 0.4) is 0 Å². The number of hydrogen-bond donors (Lipinski definition) is 1. The van der Waals surface area contributed by atoms with E-state index in [1.54, 1.807) is 0 Å². The average molecular weight is 263 g/mol. The van der Waals surface area contributed by atoms with Crippen LogP contribution in [0.15, 0.2) is 24.3 Å². The van der Waals surface area contributed by atoms with Crippen molar-refractivity contribution in [3.05, 3.63) is 29.8 Å². The molecule has 1 aromatic carbocycles. The summed E-state index contributed by atoms with van der Waals surface area (Å²) in [6.07, 6.45) is 2.39. The smallest absolute Gasteiger partial charge is 0.0396 e. The van der Waals surface area contributed by atoms with Gasteiger partial charge in [0.25, 0.3) is 0 Å². The molecule has 1 unspecified atom stereocenters. The number of aryl methyl sites for hydroxylation is 1. The maximum absolute atomic E-state index is 5.74. The van der Waals surface area contributed by atoms with Crippen LogP contribution in [0.2, 0.25) is 0 Å². The number of para-hydroxylation sites is 1. The second kappa shape index (κ2) is 7.00. The molecular weight excluding hydrogens is 243 g/mol. The lowest BCUT2D eigenvalue weighted by Gasteiger charge is -2.22. The molecule has 0 amide bonds. The topological polar surface area (TPSA) is 29.3 Å². The van der Waals surface area contributed by atoms with Crippen molar-refractivity contribution in [3.63, 3.8) is 0 Å². The summed E-state index contributed by atoms with van der Waals surface area (Å²) < 4.78 is 0. The first-order valence-electron chi connectivity index (χ1n) is 5.30. The second-order valence-corrected chi connectivity index (χ2v) is 4.15. The molecule has 92 valence electrons. The zero-order valence-electron chi connectivity index (χ0n) is 9.56. The highest BCUT2D eigenvalue weighted by Crippen LogP contribution is 2.26. The van der Waals surface area contributed by atoms with Gasteiger partial charge in [-0.3, -0.25) is 0 Å². The summed E-state index contributed by atoms with van der Waals surface area (Å²) in [6.45, 7) is 1.89. The van der Waals surface area contributed by atoms with Gasteiger partial charge in [-0.15, -0.1) is 24.8 Å². The first kappa shape index (κ1) is 15.6. The van der Waals surface area contributed by atoms with E-state index in [2.05, 4.69) is 36.2 Å². The van der Waals surface area contributed by atoms with Gasteiger partial charge in [0, 0.05) is 19.3 Å². The zero-order chi connectivity index (χ0) is 9.97. The van der Waals surface area contributed by atoms with E-state index in [4.69, 9.17) is 5.73 Å². The van der Waals surface area contributed by atoms with Crippen LogP contribution in [-0.4, -0.2) is 20.1 Å². The van der Waals surface area contributed by atoms with Gasteiger partial charge in [0.2, 0.25) is 0 Å². The van der Waals surface area contributed by atoms with E-state index in [0.717, 1.165) is 13.1 Å². The quantitative estimate of drug-likeness (QED) is 0.843. The molecule has 2 N–H and O–H groups in total. The number of halogens is 2. The van der Waals surface area contributed by atoms with Crippen molar-refractivity contribution in [3.8, 4) is 0 Å². The minimum absolute atomic E-state index is 0. The van der Waals surface area contributed by atoms with Crippen LogP contribution in [0, 0.1) is 5.92 Å². The van der Waals surface area contributed by atoms with Crippen LogP contribution in [0.4, 0.5) is 5.69 Å². The Morgan fingerprint density at radius 1 is 1.31 bits per heavy atom. The fraction of sp³-hybridized carbons (Fsp3) is 0.500. The molecule has 0 aromatic heterocycles. The zero-order valence-corrected chi connectivity index (χ0v) is 11.2. The van der Waals surface area contributed by atoms with Gasteiger partial charge < -0.3 is 10.6 Å². The Bertz CT molecular complexity index is 318. The van der Waals surface area contributed by atoms with Gasteiger partial charge >= 0.3 is 0 Å². The van der Waals surface area contributed by atoms with E-state index in [9.17, 15) is 0 Å². The number of benzene rings is 1. The largest absolute Gasteiger partial charge is 0.374 e. The Kier molecular flexibility index (Phi) is 6.81. The SMILES string of the molecule is CN1CC(CN)CCc2ccccc21.Cl.Cl. The third-order valence-electron chi connectivity index (χ3n) is 3.09. The lowest BCUT2D eigenvalue weighted by atomic mass is 10.0. The molecule has 0 saturated heterocycles. The molecular formula is C12H20Cl2N2. The van der Waals surface area contributed by atoms with Crippen LogP contribution >= 0.6 is 24.8 Å². The highest BCUT2D eigenvalue weighted by Gasteiger charge is 2.17. The molecule has 4 heteroatoms. The number of nitrogens with two attached hydrogens (primary N) is 1. The molecule has 1 aromatic rings. The molecule has 1 atom stereocenters. The third kappa shape index (κ3) is 3.27. The highest BCUT2D eigenvalue weighted by molar-refractivity contribution is 5.85. The van der Waals surface area contributed by atoms with Crippen LogP contribution < -0.4 is 10.6 Å². The van der Waals surface area contributed by atoms with Crippen LogP contribution in [0.1, 0.15) is 12.0 Å². The molecule has 16 heavy (non-hydrogen) atoms. The van der Waals surface area contributed by atoms with E-state index >= 15 is 0 Å². The van der Waals surface area contributed by atoms with Gasteiger partial charge in [0.1, 0.15) is 0 Å². The molecule has 1 heterocycles. The Morgan fingerprint density at radius 3 is 2.69 bits per heavy atom. The maximum Gasteiger partial charge on any atom is 0.0396 e. The van der Waals surface area contributed by atoms with Crippen LogP contribution in [0.25, 0.3) is 0 Å². The summed E-state index contributed by atoms with van der Waals surface area (Å²) in [6, 6.07) is 8.66. The van der Waals surface area contributed by atoms with E-state index < -0.39 is 0 Å². The van der Waals surface area contributed by atoms with Gasteiger partial charge in [-0.2, -0.15) is 0 Å². The van der Waals surface area contributed by atoms with Crippen molar-refractivity contribution in [2.75, 3.05) is 25.0 Å². The molecule has 0 bridgehead atoms. The molecule has 1 aliphatic rings. The van der Waals surface area contributed by atoms with Gasteiger partial charge in [-0.1, -0.05) is 18.2 Å². The molecule has 0 spiro atoms.